The number of halogens is 1. The first kappa shape index (κ1) is 15.2. The molecule has 4 N–H and O–H groups in total. The smallest absolute Gasteiger partial charge is 0.138 e. The Morgan fingerprint density at radius 3 is 2.50 bits per heavy atom. The van der Waals surface area contributed by atoms with Crippen LogP contribution < -0.4 is 10.1 Å². The van der Waals surface area contributed by atoms with Crippen molar-refractivity contribution in [2.45, 2.75) is 12.1 Å². The first-order valence-electron chi connectivity index (χ1n) is 5.68. The average molecular weight is 276 g/mol. The van der Waals surface area contributed by atoms with Crippen molar-refractivity contribution in [3.63, 3.8) is 0 Å². The number of rotatable bonds is 8. The van der Waals surface area contributed by atoms with Gasteiger partial charge in [-0.1, -0.05) is 23.7 Å². The highest BCUT2D eigenvalue weighted by Crippen LogP contribution is 2.22. The van der Waals surface area contributed by atoms with E-state index >= 15 is 0 Å². The minimum Gasteiger partial charge on any atom is -0.489 e. The summed E-state index contributed by atoms with van der Waals surface area (Å²) in [4.78, 5) is 0. The maximum atomic E-state index is 9.65. The summed E-state index contributed by atoms with van der Waals surface area (Å²) < 4.78 is 5.35. The molecule has 0 saturated heterocycles. The topological polar surface area (TPSA) is 82.0 Å². The fourth-order valence-electron chi connectivity index (χ4n) is 1.30. The van der Waals surface area contributed by atoms with Crippen molar-refractivity contribution in [2.24, 2.45) is 0 Å². The van der Waals surface area contributed by atoms with Crippen LogP contribution in [-0.2, 0) is 0 Å². The molecule has 0 fully saturated rings. The quantitative estimate of drug-likeness (QED) is 0.538. The van der Waals surface area contributed by atoms with E-state index in [1.807, 2.05) is 0 Å². The Bertz CT molecular complexity index is 347. The van der Waals surface area contributed by atoms with Gasteiger partial charge >= 0.3 is 0 Å². The Kier molecular flexibility index (Phi) is 7.00. The zero-order valence-corrected chi connectivity index (χ0v) is 10.7. The molecule has 6 heteroatoms. The van der Waals surface area contributed by atoms with E-state index in [1.54, 1.807) is 24.3 Å². The van der Waals surface area contributed by atoms with Gasteiger partial charge in [0, 0.05) is 6.54 Å². The zero-order chi connectivity index (χ0) is 13.4. The molecule has 0 aromatic heterocycles. The minimum absolute atomic E-state index is 0.0836. The number of benzene rings is 1. The van der Waals surface area contributed by atoms with Crippen LogP contribution in [0.1, 0.15) is 0 Å². The summed E-state index contributed by atoms with van der Waals surface area (Å²) in [5, 5.41) is 30.6. The SMILES string of the molecule is OCC(CO)NCC(O)COc1ccccc1Cl. The molecular weight excluding hydrogens is 258 g/mol. The number of nitrogens with one attached hydrogen (secondary N) is 1. The number of hydrogen-bond donors (Lipinski definition) is 4. The van der Waals surface area contributed by atoms with Crippen molar-refractivity contribution >= 4 is 11.6 Å². The van der Waals surface area contributed by atoms with Crippen LogP contribution in [0.15, 0.2) is 24.3 Å². The molecule has 1 rings (SSSR count). The second kappa shape index (κ2) is 8.29. The van der Waals surface area contributed by atoms with Crippen LogP contribution in [0, 0.1) is 0 Å². The third-order valence-electron chi connectivity index (χ3n) is 2.35. The van der Waals surface area contributed by atoms with Crippen LogP contribution in [0.25, 0.3) is 0 Å². The Balaban J connectivity index is 2.29. The Morgan fingerprint density at radius 2 is 1.89 bits per heavy atom. The van der Waals surface area contributed by atoms with Crippen LogP contribution in [0.3, 0.4) is 0 Å². The van der Waals surface area contributed by atoms with Gasteiger partial charge in [-0.3, -0.25) is 0 Å². The van der Waals surface area contributed by atoms with Crippen molar-refractivity contribution in [1.82, 2.24) is 5.32 Å². The lowest BCUT2D eigenvalue weighted by molar-refractivity contribution is 0.0930. The van der Waals surface area contributed by atoms with Crippen LogP contribution in [0.2, 0.25) is 5.02 Å². The second-order valence-electron chi connectivity index (χ2n) is 3.87. The summed E-state index contributed by atoms with van der Waals surface area (Å²) in [6, 6.07) is 6.57. The minimum atomic E-state index is -0.748. The maximum Gasteiger partial charge on any atom is 0.138 e. The highest BCUT2D eigenvalue weighted by molar-refractivity contribution is 6.32. The number of aliphatic hydroxyl groups is 3. The average Bonchev–Trinajstić information content (AvgIpc) is 2.39. The number of hydrogen-bond acceptors (Lipinski definition) is 5. The fourth-order valence-corrected chi connectivity index (χ4v) is 1.49. The molecule has 0 aliphatic heterocycles. The molecule has 0 spiro atoms. The monoisotopic (exact) mass is 275 g/mol. The van der Waals surface area contributed by atoms with Crippen molar-refractivity contribution in [3.05, 3.63) is 29.3 Å². The normalized spacial score (nSPS) is 12.7. The molecule has 0 bridgehead atoms. The molecule has 1 aromatic rings. The summed E-state index contributed by atoms with van der Waals surface area (Å²) in [6.07, 6.45) is -0.748. The summed E-state index contributed by atoms with van der Waals surface area (Å²) in [5.41, 5.74) is 0. The van der Waals surface area contributed by atoms with Gasteiger partial charge < -0.3 is 25.4 Å². The van der Waals surface area contributed by atoms with E-state index in [9.17, 15) is 5.11 Å². The number of aliphatic hydroxyl groups excluding tert-OH is 3. The number of ether oxygens (including phenoxy) is 1. The molecule has 0 amide bonds. The van der Waals surface area contributed by atoms with E-state index in [0.29, 0.717) is 10.8 Å². The van der Waals surface area contributed by atoms with Gasteiger partial charge in [-0.15, -0.1) is 0 Å². The molecular formula is C12H18ClNO4. The van der Waals surface area contributed by atoms with Crippen molar-refractivity contribution in [2.75, 3.05) is 26.4 Å². The highest BCUT2D eigenvalue weighted by atomic mass is 35.5. The van der Waals surface area contributed by atoms with Gasteiger partial charge in [0.2, 0.25) is 0 Å². The van der Waals surface area contributed by atoms with Crippen molar-refractivity contribution < 1.29 is 20.1 Å². The Labute approximate surface area is 111 Å². The highest BCUT2D eigenvalue weighted by Gasteiger charge is 2.10. The van der Waals surface area contributed by atoms with E-state index in [4.69, 9.17) is 26.6 Å². The van der Waals surface area contributed by atoms with Gasteiger partial charge in [-0.25, -0.2) is 0 Å². The first-order chi connectivity index (χ1) is 8.67. The van der Waals surface area contributed by atoms with Gasteiger partial charge in [-0.2, -0.15) is 0 Å². The molecule has 1 atom stereocenters. The summed E-state index contributed by atoms with van der Waals surface area (Å²) in [7, 11) is 0. The molecule has 0 heterocycles. The summed E-state index contributed by atoms with van der Waals surface area (Å²) in [6.45, 7) is -0.0697. The van der Waals surface area contributed by atoms with Crippen molar-refractivity contribution in [1.29, 1.82) is 0 Å². The molecule has 5 nitrogen and oxygen atoms in total. The Hall–Kier alpha value is -0.850. The summed E-state index contributed by atoms with van der Waals surface area (Å²) in [5.74, 6) is 0.513. The molecule has 0 aliphatic rings. The van der Waals surface area contributed by atoms with E-state index in [0.717, 1.165) is 0 Å². The van der Waals surface area contributed by atoms with Gasteiger partial charge in [-0.05, 0) is 12.1 Å². The van der Waals surface area contributed by atoms with Gasteiger partial charge in [0.25, 0.3) is 0 Å². The lowest BCUT2D eigenvalue weighted by Gasteiger charge is -2.17. The predicted molar refractivity (Wildman–Crippen MR) is 68.9 cm³/mol. The van der Waals surface area contributed by atoms with Crippen LogP contribution in [-0.4, -0.2) is 53.8 Å². The summed E-state index contributed by atoms with van der Waals surface area (Å²) >= 11 is 5.89. The molecule has 0 saturated carbocycles. The third-order valence-corrected chi connectivity index (χ3v) is 2.66. The van der Waals surface area contributed by atoms with Gasteiger partial charge in [0.1, 0.15) is 18.5 Å². The van der Waals surface area contributed by atoms with E-state index in [-0.39, 0.29) is 26.4 Å². The largest absolute Gasteiger partial charge is 0.489 e. The van der Waals surface area contributed by atoms with Gasteiger partial charge in [0.05, 0.1) is 24.3 Å². The lowest BCUT2D eigenvalue weighted by atomic mass is 10.3. The molecule has 1 aromatic carbocycles. The predicted octanol–water partition coefficient (Wildman–Crippen LogP) is 0.0225. The van der Waals surface area contributed by atoms with E-state index in [2.05, 4.69) is 5.32 Å². The molecule has 18 heavy (non-hydrogen) atoms. The van der Waals surface area contributed by atoms with Crippen LogP contribution in [0.5, 0.6) is 5.75 Å². The Morgan fingerprint density at radius 1 is 1.22 bits per heavy atom. The van der Waals surface area contributed by atoms with E-state index < -0.39 is 12.1 Å². The molecule has 1 unspecified atom stereocenters. The van der Waals surface area contributed by atoms with Gasteiger partial charge in [0.15, 0.2) is 0 Å². The molecule has 102 valence electrons. The zero-order valence-electron chi connectivity index (χ0n) is 9.92. The lowest BCUT2D eigenvalue weighted by Crippen LogP contribution is -2.41. The second-order valence-corrected chi connectivity index (χ2v) is 4.27. The van der Waals surface area contributed by atoms with Crippen LogP contribution in [0.4, 0.5) is 0 Å². The standard InChI is InChI=1S/C12H18ClNO4/c13-11-3-1-2-4-12(11)18-8-10(17)5-14-9(6-15)7-16/h1-4,9-10,14-17H,5-8H2. The van der Waals surface area contributed by atoms with E-state index in [1.165, 1.54) is 0 Å². The molecule has 0 radical (unpaired) electrons. The molecule has 0 aliphatic carbocycles. The third kappa shape index (κ3) is 5.20. The number of para-hydroxylation sites is 1. The van der Waals surface area contributed by atoms with Crippen LogP contribution >= 0.6 is 11.6 Å². The van der Waals surface area contributed by atoms with Crippen molar-refractivity contribution in [3.8, 4) is 5.75 Å². The fraction of sp³-hybridized carbons (Fsp3) is 0.500. The maximum absolute atomic E-state index is 9.65. The first-order valence-corrected chi connectivity index (χ1v) is 6.05.